The van der Waals surface area contributed by atoms with Gasteiger partial charge in [0.1, 0.15) is 6.04 Å². The molecule has 23 heavy (non-hydrogen) atoms. The number of alkyl carbamates (subject to hydrolysis) is 1. The highest BCUT2D eigenvalue weighted by molar-refractivity contribution is 5.67. The number of nitrogens with zero attached hydrogens (tertiary/aromatic N) is 3. The quantitative estimate of drug-likeness (QED) is 0.911. The molecule has 1 aliphatic carbocycles. The third-order valence-corrected chi connectivity index (χ3v) is 3.52. The molecule has 0 bridgehead atoms. The molecule has 7 heteroatoms. The second-order valence-electron chi connectivity index (χ2n) is 6.02. The topological polar surface area (TPSA) is 90.1 Å². The Hall–Kier alpha value is -2.44. The van der Waals surface area contributed by atoms with Crippen molar-refractivity contribution < 1.29 is 14.1 Å². The van der Waals surface area contributed by atoms with Gasteiger partial charge in [0.2, 0.25) is 11.7 Å². The van der Waals surface area contributed by atoms with Gasteiger partial charge < -0.3 is 14.6 Å². The molecule has 2 aromatic heterocycles. The summed E-state index contributed by atoms with van der Waals surface area (Å²) in [4.78, 5) is 20.3. The van der Waals surface area contributed by atoms with Crippen molar-refractivity contribution in [1.29, 1.82) is 0 Å². The number of aromatic nitrogens is 3. The number of carbonyl (C=O) groups excluding carboxylic acids is 1. The highest BCUT2D eigenvalue weighted by atomic mass is 16.6. The lowest BCUT2D eigenvalue weighted by Gasteiger charge is -2.12. The molecule has 1 amide bonds. The van der Waals surface area contributed by atoms with E-state index >= 15 is 0 Å². The smallest absolute Gasteiger partial charge is 0.408 e. The fraction of sp³-hybridized carbons (Fsp3) is 0.500. The number of hydrogen-bond donors (Lipinski definition) is 1. The summed E-state index contributed by atoms with van der Waals surface area (Å²) in [6.07, 6.45) is 3.45. The van der Waals surface area contributed by atoms with E-state index in [0.717, 1.165) is 11.3 Å². The molecule has 1 atom stereocenters. The van der Waals surface area contributed by atoms with E-state index < -0.39 is 12.1 Å². The van der Waals surface area contributed by atoms with E-state index in [1.54, 1.807) is 27.0 Å². The van der Waals surface area contributed by atoms with Crippen LogP contribution in [-0.4, -0.2) is 27.3 Å². The monoisotopic (exact) mass is 316 g/mol. The average Bonchev–Trinajstić information content (AvgIpc) is 3.23. The number of ether oxygens (including phenoxy) is 1. The first-order valence-electron chi connectivity index (χ1n) is 7.80. The molecule has 2 heterocycles. The molecule has 1 N–H and O–H groups in total. The lowest BCUT2D eigenvalue weighted by atomic mass is 10.2. The van der Waals surface area contributed by atoms with Crippen molar-refractivity contribution in [2.75, 3.05) is 0 Å². The Morgan fingerprint density at radius 1 is 1.39 bits per heavy atom. The Kier molecular flexibility index (Phi) is 4.27. The summed E-state index contributed by atoms with van der Waals surface area (Å²) in [6.45, 7) is 5.34. The zero-order chi connectivity index (χ0) is 16.4. The number of amides is 1. The second kappa shape index (κ2) is 6.36. The SMILES string of the molecule is CC(C)OC(=O)N[C@@H](C)c1nc(-c2ccnc(C3CC3)c2)no1. The van der Waals surface area contributed by atoms with Gasteiger partial charge in [-0.3, -0.25) is 4.98 Å². The Morgan fingerprint density at radius 3 is 2.87 bits per heavy atom. The van der Waals surface area contributed by atoms with Crippen LogP contribution >= 0.6 is 0 Å². The fourth-order valence-corrected chi connectivity index (χ4v) is 2.20. The zero-order valence-corrected chi connectivity index (χ0v) is 13.4. The number of nitrogens with one attached hydrogen (secondary N) is 1. The summed E-state index contributed by atoms with van der Waals surface area (Å²) in [5.41, 5.74) is 1.94. The van der Waals surface area contributed by atoms with Crippen molar-refractivity contribution in [2.45, 2.75) is 51.7 Å². The van der Waals surface area contributed by atoms with E-state index in [-0.39, 0.29) is 6.10 Å². The molecular weight excluding hydrogens is 296 g/mol. The van der Waals surface area contributed by atoms with Crippen molar-refractivity contribution >= 4 is 6.09 Å². The second-order valence-corrected chi connectivity index (χ2v) is 6.02. The van der Waals surface area contributed by atoms with E-state index in [2.05, 4.69) is 20.4 Å². The Balaban J connectivity index is 1.70. The predicted octanol–water partition coefficient (Wildman–Crippen LogP) is 3.20. The summed E-state index contributed by atoms with van der Waals surface area (Å²) < 4.78 is 10.3. The largest absolute Gasteiger partial charge is 0.447 e. The molecule has 1 fully saturated rings. The molecule has 7 nitrogen and oxygen atoms in total. The minimum Gasteiger partial charge on any atom is -0.447 e. The Morgan fingerprint density at radius 2 is 2.17 bits per heavy atom. The van der Waals surface area contributed by atoms with Crippen molar-refractivity contribution in [1.82, 2.24) is 20.4 Å². The fourth-order valence-electron chi connectivity index (χ4n) is 2.20. The zero-order valence-electron chi connectivity index (χ0n) is 13.4. The molecule has 0 unspecified atom stereocenters. The highest BCUT2D eigenvalue weighted by Gasteiger charge is 2.25. The van der Waals surface area contributed by atoms with Crippen molar-refractivity contribution in [3.8, 4) is 11.4 Å². The van der Waals surface area contributed by atoms with Crippen LogP contribution in [0.4, 0.5) is 4.79 Å². The van der Waals surface area contributed by atoms with Crippen LogP contribution in [0.25, 0.3) is 11.4 Å². The average molecular weight is 316 g/mol. The highest BCUT2D eigenvalue weighted by Crippen LogP contribution is 2.39. The van der Waals surface area contributed by atoms with Gasteiger partial charge in [-0.2, -0.15) is 4.98 Å². The first-order chi connectivity index (χ1) is 11.0. The summed E-state index contributed by atoms with van der Waals surface area (Å²) in [7, 11) is 0. The number of pyridine rings is 1. The van der Waals surface area contributed by atoms with Crippen LogP contribution in [0.15, 0.2) is 22.9 Å². The molecule has 0 spiro atoms. The van der Waals surface area contributed by atoms with Crippen molar-refractivity contribution in [3.63, 3.8) is 0 Å². The maximum atomic E-state index is 11.6. The van der Waals surface area contributed by atoms with E-state index in [9.17, 15) is 4.79 Å². The minimum absolute atomic E-state index is 0.182. The molecule has 2 aromatic rings. The van der Waals surface area contributed by atoms with Gasteiger partial charge >= 0.3 is 6.09 Å². The normalized spacial score (nSPS) is 15.5. The summed E-state index contributed by atoms with van der Waals surface area (Å²) in [6, 6.07) is 3.43. The molecule has 0 saturated heterocycles. The van der Waals surface area contributed by atoms with Gasteiger partial charge in [0, 0.05) is 23.4 Å². The number of carbonyl (C=O) groups is 1. The standard InChI is InChI=1S/C16H20N4O3/c1-9(2)22-16(21)18-10(3)15-19-14(20-23-15)12-6-7-17-13(8-12)11-4-5-11/h6-11H,4-5H2,1-3H3,(H,18,21)/t10-/m0/s1. The van der Waals surface area contributed by atoms with Crippen LogP contribution in [0.5, 0.6) is 0 Å². The summed E-state index contributed by atoms with van der Waals surface area (Å²) in [5, 5.41) is 6.65. The summed E-state index contributed by atoms with van der Waals surface area (Å²) in [5.74, 6) is 1.40. The molecule has 1 aliphatic rings. The van der Waals surface area contributed by atoms with Gasteiger partial charge in [-0.1, -0.05) is 5.16 Å². The number of hydrogen-bond acceptors (Lipinski definition) is 6. The Bertz CT molecular complexity index is 694. The van der Waals surface area contributed by atoms with Crippen LogP contribution in [0.3, 0.4) is 0 Å². The lowest BCUT2D eigenvalue weighted by Crippen LogP contribution is -2.29. The molecule has 3 rings (SSSR count). The molecule has 1 saturated carbocycles. The van der Waals surface area contributed by atoms with Crippen LogP contribution in [0, 0.1) is 0 Å². The van der Waals surface area contributed by atoms with E-state index in [1.807, 2.05) is 12.1 Å². The third kappa shape index (κ3) is 3.85. The van der Waals surface area contributed by atoms with E-state index in [0.29, 0.717) is 17.6 Å². The van der Waals surface area contributed by atoms with Gasteiger partial charge in [0.15, 0.2) is 0 Å². The van der Waals surface area contributed by atoms with Crippen LogP contribution < -0.4 is 5.32 Å². The van der Waals surface area contributed by atoms with Gasteiger partial charge in [-0.25, -0.2) is 4.79 Å². The molecule has 0 aliphatic heterocycles. The van der Waals surface area contributed by atoms with Gasteiger partial charge in [-0.15, -0.1) is 0 Å². The molecular formula is C16H20N4O3. The van der Waals surface area contributed by atoms with E-state index in [1.165, 1.54) is 12.8 Å². The lowest BCUT2D eigenvalue weighted by molar-refractivity contribution is 0.111. The third-order valence-electron chi connectivity index (χ3n) is 3.52. The van der Waals surface area contributed by atoms with Gasteiger partial charge in [-0.05, 0) is 45.7 Å². The van der Waals surface area contributed by atoms with Crippen molar-refractivity contribution in [2.24, 2.45) is 0 Å². The first kappa shape index (κ1) is 15.5. The van der Waals surface area contributed by atoms with Crippen LogP contribution in [0.1, 0.15) is 57.2 Å². The summed E-state index contributed by atoms with van der Waals surface area (Å²) >= 11 is 0. The molecule has 122 valence electrons. The predicted molar refractivity (Wildman–Crippen MR) is 82.7 cm³/mol. The first-order valence-corrected chi connectivity index (χ1v) is 7.80. The Labute approximate surface area is 134 Å². The van der Waals surface area contributed by atoms with Gasteiger partial charge in [0.05, 0.1) is 6.10 Å². The maximum absolute atomic E-state index is 11.6. The van der Waals surface area contributed by atoms with Gasteiger partial charge in [0.25, 0.3) is 0 Å². The van der Waals surface area contributed by atoms with Crippen molar-refractivity contribution in [3.05, 3.63) is 29.9 Å². The number of rotatable bonds is 5. The van der Waals surface area contributed by atoms with E-state index in [4.69, 9.17) is 9.26 Å². The molecule has 0 aromatic carbocycles. The maximum Gasteiger partial charge on any atom is 0.408 e. The van der Waals surface area contributed by atoms with Crippen LogP contribution in [0.2, 0.25) is 0 Å². The van der Waals surface area contributed by atoms with Crippen LogP contribution in [-0.2, 0) is 4.74 Å². The molecule has 0 radical (unpaired) electrons. The minimum atomic E-state index is -0.507.